The number of Topliss-reactive ketones (excluding diaryl/α,β-unsaturated/α-hetero) is 1. The van der Waals surface area contributed by atoms with E-state index >= 15 is 0 Å². The average molecular weight is 710 g/mol. The van der Waals surface area contributed by atoms with Crippen LogP contribution in [0.1, 0.15) is 49.4 Å². The van der Waals surface area contributed by atoms with Crippen LogP contribution in [-0.2, 0) is 15.3 Å². The van der Waals surface area contributed by atoms with Gasteiger partial charge in [-0.3, -0.25) is 14.5 Å². The largest absolute Gasteiger partial charge is 0.507 e. The first-order valence-corrected chi connectivity index (χ1v) is 18.3. The van der Waals surface area contributed by atoms with E-state index < -0.39 is 17.7 Å². The standard InChI is InChI=1S/C38H35N3O7S2/c1-3-5-17-46-28-15-13-24(20-30(28)45-4-2)33-32(34(42)25-14-16-29-31(21-25)48-19-18-47-29)35(43)36(44)41(33)37-39-40-38(50-37)49-22-26-11-8-10-23-9-6-7-12-27(23)26/h6-16,20-21,33,42H,3-5,17-19,22H2,1-2H3/t33-/m1/s1. The van der Waals surface area contributed by atoms with Crippen LogP contribution in [0.15, 0.2) is 88.8 Å². The first-order valence-electron chi connectivity index (χ1n) is 16.5. The number of carbonyl (C=O) groups excluding carboxylic acids is 2. The van der Waals surface area contributed by atoms with Crippen LogP contribution in [0.5, 0.6) is 23.0 Å². The number of hydrogen-bond acceptors (Lipinski definition) is 11. The number of anilines is 1. The molecule has 1 amide bonds. The van der Waals surface area contributed by atoms with Gasteiger partial charge in [0.2, 0.25) is 5.13 Å². The molecule has 256 valence electrons. The number of carbonyl (C=O) groups is 2. The molecular formula is C38H35N3O7S2. The van der Waals surface area contributed by atoms with Crippen LogP contribution >= 0.6 is 23.1 Å². The maximum Gasteiger partial charge on any atom is 0.301 e. The molecule has 1 N–H and O–H groups in total. The third-order valence-corrected chi connectivity index (χ3v) is 10.5. The molecular weight excluding hydrogens is 675 g/mol. The lowest BCUT2D eigenvalue weighted by molar-refractivity contribution is -0.132. The summed E-state index contributed by atoms with van der Waals surface area (Å²) in [7, 11) is 0. The molecule has 10 nitrogen and oxygen atoms in total. The summed E-state index contributed by atoms with van der Waals surface area (Å²) in [4.78, 5) is 29.1. The normalized spacial score (nSPS) is 16.6. The molecule has 7 rings (SSSR count). The predicted octanol–water partition coefficient (Wildman–Crippen LogP) is 7.96. The van der Waals surface area contributed by atoms with Crippen molar-refractivity contribution >= 4 is 56.5 Å². The molecule has 0 saturated carbocycles. The summed E-state index contributed by atoms with van der Waals surface area (Å²) in [5, 5.41) is 23.1. The summed E-state index contributed by atoms with van der Waals surface area (Å²) >= 11 is 2.72. The second-order valence-corrected chi connectivity index (χ2v) is 13.8. The minimum atomic E-state index is -1.03. The second kappa shape index (κ2) is 14.8. The van der Waals surface area contributed by atoms with Gasteiger partial charge in [-0.2, -0.15) is 0 Å². The molecule has 0 unspecified atom stereocenters. The summed E-state index contributed by atoms with van der Waals surface area (Å²) in [6.45, 7) is 5.61. The van der Waals surface area contributed by atoms with Gasteiger partial charge in [0.15, 0.2) is 27.3 Å². The second-order valence-electron chi connectivity index (χ2n) is 11.6. The van der Waals surface area contributed by atoms with Crippen molar-refractivity contribution in [2.45, 2.75) is 42.8 Å². The van der Waals surface area contributed by atoms with E-state index in [9.17, 15) is 14.7 Å². The number of ketones is 1. The topological polar surface area (TPSA) is 120 Å². The molecule has 12 heteroatoms. The Morgan fingerprint density at radius 2 is 1.76 bits per heavy atom. The molecule has 4 aromatic carbocycles. The molecule has 3 heterocycles. The Balaban J connectivity index is 1.28. The lowest BCUT2D eigenvalue weighted by Gasteiger charge is -2.24. The van der Waals surface area contributed by atoms with Crippen molar-refractivity contribution in [3.8, 4) is 23.0 Å². The van der Waals surface area contributed by atoms with Crippen molar-refractivity contribution in [3.63, 3.8) is 0 Å². The van der Waals surface area contributed by atoms with Crippen molar-refractivity contribution in [2.75, 3.05) is 31.3 Å². The molecule has 1 atom stereocenters. The highest BCUT2D eigenvalue weighted by Crippen LogP contribution is 2.46. The Bertz CT molecular complexity index is 2090. The Morgan fingerprint density at radius 1 is 0.940 bits per heavy atom. The maximum absolute atomic E-state index is 13.9. The quantitative estimate of drug-likeness (QED) is 0.0341. The van der Waals surface area contributed by atoms with Gasteiger partial charge in [-0.05, 0) is 65.6 Å². The molecule has 5 aromatic rings. The fourth-order valence-electron chi connectivity index (χ4n) is 6.02. The Hall–Kier alpha value is -5.07. The zero-order valence-corrected chi connectivity index (χ0v) is 29.2. The number of amides is 1. The third kappa shape index (κ3) is 6.60. The van der Waals surface area contributed by atoms with Gasteiger partial charge in [-0.15, -0.1) is 10.2 Å². The van der Waals surface area contributed by atoms with E-state index in [0.29, 0.717) is 70.6 Å². The summed E-state index contributed by atoms with van der Waals surface area (Å²) in [5.41, 5.74) is 1.91. The molecule has 0 radical (unpaired) electrons. The van der Waals surface area contributed by atoms with Crippen LogP contribution < -0.4 is 23.8 Å². The van der Waals surface area contributed by atoms with Gasteiger partial charge in [0.05, 0.1) is 24.8 Å². The molecule has 1 aromatic heterocycles. The lowest BCUT2D eigenvalue weighted by atomic mass is 9.95. The number of ether oxygens (including phenoxy) is 4. The first-order chi connectivity index (χ1) is 24.5. The smallest absolute Gasteiger partial charge is 0.301 e. The SMILES string of the molecule is CCCCOc1ccc([C@@H]2C(=C(O)c3ccc4c(c3)OCCO4)C(=O)C(=O)N2c2nnc(SCc3cccc4ccccc34)s2)cc1OCC. The van der Waals surface area contributed by atoms with Crippen molar-refractivity contribution in [3.05, 3.63) is 101 Å². The molecule has 0 aliphatic carbocycles. The van der Waals surface area contributed by atoms with Gasteiger partial charge in [0.25, 0.3) is 5.78 Å². The highest BCUT2D eigenvalue weighted by molar-refractivity contribution is 8.00. The first kappa shape index (κ1) is 33.4. The summed E-state index contributed by atoms with van der Waals surface area (Å²) in [6, 6.07) is 23.6. The van der Waals surface area contributed by atoms with E-state index in [-0.39, 0.29) is 16.5 Å². The van der Waals surface area contributed by atoms with E-state index in [1.807, 2.05) is 25.1 Å². The number of unbranched alkanes of at least 4 members (excludes halogenated alkanes) is 1. The molecule has 1 fully saturated rings. The highest BCUT2D eigenvalue weighted by atomic mass is 32.2. The molecule has 50 heavy (non-hydrogen) atoms. The number of rotatable bonds is 12. The average Bonchev–Trinajstić information content (AvgIpc) is 3.72. The molecule has 2 aliphatic heterocycles. The van der Waals surface area contributed by atoms with E-state index in [0.717, 1.165) is 29.2 Å². The predicted molar refractivity (Wildman–Crippen MR) is 194 cm³/mol. The summed E-state index contributed by atoms with van der Waals surface area (Å²) in [6.07, 6.45) is 1.85. The van der Waals surface area contributed by atoms with E-state index in [2.05, 4.69) is 41.4 Å². The fourth-order valence-corrected chi connectivity index (χ4v) is 7.89. The van der Waals surface area contributed by atoms with Crippen molar-refractivity contribution in [1.82, 2.24) is 10.2 Å². The van der Waals surface area contributed by atoms with Crippen molar-refractivity contribution in [1.29, 1.82) is 0 Å². The molecule has 2 aliphatic rings. The zero-order chi connectivity index (χ0) is 34.6. The number of hydrogen-bond donors (Lipinski definition) is 1. The zero-order valence-electron chi connectivity index (χ0n) is 27.6. The van der Waals surface area contributed by atoms with Gasteiger partial charge >= 0.3 is 5.91 Å². The van der Waals surface area contributed by atoms with Gasteiger partial charge in [0, 0.05) is 11.3 Å². The van der Waals surface area contributed by atoms with E-state index in [1.54, 1.807) is 36.4 Å². The number of thioether (sulfide) groups is 1. The van der Waals surface area contributed by atoms with E-state index in [1.165, 1.54) is 28.0 Å². The number of nitrogens with zero attached hydrogens (tertiary/aromatic N) is 3. The number of fused-ring (bicyclic) bond motifs is 2. The van der Waals surface area contributed by atoms with Gasteiger partial charge < -0.3 is 24.1 Å². The number of aliphatic hydroxyl groups excluding tert-OH is 1. The van der Waals surface area contributed by atoms with Crippen molar-refractivity contribution in [2.24, 2.45) is 0 Å². The van der Waals surface area contributed by atoms with Crippen LogP contribution in [0.25, 0.3) is 16.5 Å². The minimum Gasteiger partial charge on any atom is -0.507 e. The summed E-state index contributed by atoms with van der Waals surface area (Å²) in [5.74, 6) is 0.623. The van der Waals surface area contributed by atoms with Crippen LogP contribution in [0.2, 0.25) is 0 Å². The van der Waals surface area contributed by atoms with Gasteiger partial charge in [-0.25, -0.2) is 0 Å². The lowest BCUT2D eigenvalue weighted by Crippen LogP contribution is -2.29. The van der Waals surface area contributed by atoms with Gasteiger partial charge in [-0.1, -0.05) is 85.0 Å². The molecule has 1 saturated heterocycles. The van der Waals surface area contributed by atoms with Crippen LogP contribution in [0.4, 0.5) is 5.13 Å². The highest BCUT2D eigenvalue weighted by Gasteiger charge is 2.48. The Morgan fingerprint density at radius 3 is 2.60 bits per heavy atom. The number of benzene rings is 4. The maximum atomic E-state index is 13.9. The Labute approximate surface area is 297 Å². The minimum absolute atomic E-state index is 0.0889. The van der Waals surface area contributed by atoms with E-state index in [4.69, 9.17) is 18.9 Å². The number of aliphatic hydroxyl groups is 1. The fraction of sp³-hybridized carbons (Fsp3) is 0.263. The summed E-state index contributed by atoms with van der Waals surface area (Å²) < 4.78 is 24.0. The van der Waals surface area contributed by atoms with Crippen LogP contribution in [0, 0.1) is 0 Å². The van der Waals surface area contributed by atoms with Crippen LogP contribution in [0.3, 0.4) is 0 Å². The van der Waals surface area contributed by atoms with Crippen molar-refractivity contribution < 1.29 is 33.6 Å². The van der Waals surface area contributed by atoms with Gasteiger partial charge in [0.1, 0.15) is 19.0 Å². The number of aromatic nitrogens is 2. The monoisotopic (exact) mass is 709 g/mol. The molecule has 0 spiro atoms. The van der Waals surface area contributed by atoms with Crippen LogP contribution in [-0.4, -0.2) is 53.4 Å². The molecule has 0 bridgehead atoms. The Kier molecular flexibility index (Phi) is 9.90. The third-order valence-electron chi connectivity index (χ3n) is 8.43.